The number of hydrogen-bond donors (Lipinski definition) is 1. The highest BCUT2D eigenvalue weighted by molar-refractivity contribution is 7.92. The Morgan fingerprint density at radius 3 is 2.87 bits per heavy atom. The maximum atomic E-state index is 11.5. The average Bonchev–Trinajstić information content (AvgIpc) is 3.03. The molecular weight excluding hydrogens is 342 g/mol. The first-order chi connectivity index (χ1) is 10.9. The van der Waals surface area contributed by atoms with Crippen molar-refractivity contribution in [3.63, 3.8) is 0 Å². The molecule has 1 fully saturated rings. The zero-order valence-electron chi connectivity index (χ0n) is 12.3. The highest BCUT2D eigenvalue weighted by Crippen LogP contribution is 2.39. The molecule has 1 aliphatic rings. The van der Waals surface area contributed by atoms with Gasteiger partial charge in [0.15, 0.2) is 14.8 Å². The fraction of sp³-hybridized carbons (Fsp3) is 0.500. The first-order valence-electron chi connectivity index (χ1n) is 6.96. The highest BCUT2D eigenvalue weighted by Gasteiger charge is 2.28. The number of nitro groups is 1. The Morgan fingerprint density at radius 1 is 1.52 bits per heavy atom. The standard InChI is InChI=1S/C12H15N5O4S2/c1-23(20,21)10-6-9(17(18)19)12(22-10)13-4-5-16-7-14-15-11(16)8-2-3-8/h6-8,13H,2-5H2,1H3. The number of hydrogen-bond acceptors (Lipinski definition) is 8. The van der Waals surface area contributed by atoms with E-state index in [2.05, 4.69) is 15.5 Å². The van der Waals surface area contributed by atoms with Crippen molar-refractivity contribution in [3.8, 4) is 0 Å². The van der Waals surface area contributed by atoms with Gasteiger partial charge in [0.2, 0.25) is 0 Å². The van der Waals surface area contributed by atoms with Crippen molar-refractivity contribution in [2.75, 3.05) is 18.1 Å². The molecule has 2 aromatic rings. The van der Waals surface area contributed by atoms with Crippen molar-refractivity contribution < 1.29 is 13.3 Å². The lowest BCUT2D eigenvalue weighted by atomic mass is 10.4. The molecule has 23 heavy (non-hydrogen) atoms. The number of rotatable bonds is 7. The van der Waals surface area contributed by atoms with E-state index in [0.29, 0.717) is 19.0 Å². The molecule has 1 aliphatic carbocycles. The minimum Gasteiger partial charge on any atom is -0.369 e. The van der Waals surface area contributed by atoms with E-state index in [1.807, 2.05) is 4.57 Å². The Bertz CT molecular complexity index is 838. The molecule has 0 saturated heterocycles. The molecular formula is C12H15N5O4S2. The van der Waals surface area contributed by atoms with Crippen LogP contribution in [0.15, 0.2) is 16.6 Å². The van der Waals surface area contributed by atoms with Crippen LogP contribution in [-0.4, -0.2) is 40.9 Å². The van der Waals surface area contributed by atoms with Crippen LogP contribution in [0.25, 0.3) is 0 Å². The van der Waals surface area contributed by atoms with Gasteiger partial charge >= 0.3 is 5.69 Å². The van der Waals surface area contributed by atoms with Gasteiger partial charge in [-0.05, 0) is 12.8 Å². The molecule has 1 N–H and O–H groups in total. The van der Waals surface area contributed by atoms with Crippen LogP contribution in [0.5, 0.6) is 0 Å². The molecule has 0 aliphatic heterocycles. The van der Waals surface area contributed by atoms with Gasteiger partial charge in [0.25, 0.3) is 0 Å². The minimum absolute atomic E-state index is 0.0188. The molecule has 0 bridgehead atoms. The first kappa shape index (κ1) is 15.9. The van der Waals surface area contributed by atoms with E-state index in [1.54, 1.807) is 6.33 Å². The Morgan fingerprint density at radius 2 is 2.26 bits per heavy atom. The number of aromatic nitrogens is 3. The average molecular weight is 357 g/mol. The molecule has 2 aromatic heterocycles. The summed E-state index contributed by atoms with van der Waals surface area (Å²) in [5.74, 6) is 1.40. The molecule has 0 radical (unpaired) electrons. The lowest BCUT2D eigenvalue weighted by Gasteiger charge is -2.06. The zero-order valence-corrected chi connectivity index (χ0v) is 13.9. The van der Waals surface area contributed by atoms with E-state index >= 15 is 0 Å². The Hall–Kier alpha value is -2.01. The maximum Gasteiger partial charge on any atom is 0.304 e. The highest BCUT2D eigenvalue weighted by atomic mass is 32.2. The van der Waals surface area contributed by atoms with E-state index in [4.69, 9.17) is 0 Å². The van der Waals surface area contributed by atoms with Crippen molar-refractivity contribution in [2.24, 2.45) is 0 Å². The topological polar surface area (TPSA) is 120 Å². The molecule has 0 aromatic carbocycles. The third-order valence-electron chi connectivity index (χ3n) is 3.48. The second-order valence-corrected chi connectivity index (χ2v) is 8.69. The summed E-state index contributed by atoms with van der Waals surface area (Å²) < 4.78 is 25.0. The predicted octanol–water partition coefficient (Wildman–Crippen LogP) is 1.64. The van der Waals surface area contributed by atoms with Gasteiger partial charge in [-0.3, -0.25) is 10.1 Å². The largest absolute Gasteiger partial charge is 0.369 e. The van der Waals surface area contributed by atoms with E-state index in [1.165, 1.54) is 0 Å². The Labute approximate surface area is 136 Å². The van der Waals surface area contributed by atoms with Crippen molar-refractivity contribution >= 4 is 31.9 Å². The van der Waals surface area contributed by atoms with Gasteiger partial charge in [-0.15, -0.1) is 10.2 Å². The van der Waals surface area contributed by atoms with Crippen LogP contribution in [0.1, 0.15) is 24.6 Å². The zero-order chi connectivity index (χ0) is 16.6. The van der Waals surface area contributed by atoms with Crippen molar-refractivity contribution in [2.45, 2.75) is 29.5 Å². The molecule has 3 rings (SSSR count). The summed E-state index contributed by atoms with van der Waals surface area (Å²) in [4.78, 5) is 10.5. The molecule has 11 heteroatoms. The van der Waals surface area contributed by atoms with Gasteiger partial charge in [0, 0.05) is 31.3 Å². The monoisotopic (exact) mass is 357 g/mol. The van der Waals surface area contributed by atoms with Crippen LogP contribution < -0.4 is 5.32 Å². The lowest BCUT2D eigenvalue weighted by Crippen LogP contribution is -2.12. The molecule has 0 spiro atoms. The maximum absolute atomic E-state index is 11.5. The molecule has 0 unspecified atom stereocenters. The molecule has 1 saturated carbocycles. The molecule has 0 amide bonds. The third-order valence-corrected chi connectivity index (χ3v) is 6.36. The van der Waals surface area contributed by atoms with Crippen LogP contribution >= 0.6 is 11.3 Å². The van der Waals surface area contributed by atoms with Gasteiger partial charge < -0.3 is 9.88 Å². The number of anilines is 1. The van der Waals surface area contributed by atoms with Crippen LogP contribution in [0, 0.1) is 10.1 Å². The quantitative estimate of drug-likeness (QED) is 0.590. The van der Waals surface area contributed by atoms with E-state index < -0.39 is 14.8 Å². The summed E-state index contributed by atoms with van der Waals surface area (Å²) in [6.07, 6.45) is 4.89. The smallest absolute Gasteiger partial charge is 0.304 e. The third kappa shape index (κ3) is 3.50. The minimum atomic E-state index is -3.47. The SMILES string of the molecule is CS(=O)(=O)c1cc([N+](=O)[O-])c(NCCn2cnnc2C2CC2)s1. The van der Waals surface area contributed by atoms with Crippen LogP contribution in [0.3, 0.4) is 0 Å². The molecule has 9 nitrogen and oxygen atoms in total. The fourth-order valence-electron chi connectivity index (χ4n) is 2.19. The summed E-state index contributed by atoms with van der Waals surface area (Å²) in [6, 6.07) is 1.09. The second kappa shape index (κ2) is 5.89. The number of nitrogens with one attached hydrogen (secondary N) is 1. The van der Waals surface area contributed by atoms with Gasteiger partial charge in [-0.2, -0.15) is 0 Å². The van der Waals surface area contributed by atoms with Crippen LogP contribution in [0.4, 0.5) is 10.7 Å². The number of thiophene rings is 1. The van der Waals surface area contributed by atoms with E-state index in [9.17, 15) is 18.5 Å². The van der Waals surface area contributed by atoms with Crippen molar-refractivity contribution in [1.82, 2.24) is 14.8 Å². The molecule has 0 atom stereocenters. The van der Waals surface area contributed by atoms with Crippen LogP contribution in [-0.2, 0) is 16.4 Å². The van der Waals surface area contributed by atoms with Crippen molar-refractivity contribution in [3.05, 3.63) is 28.3 Å². The van der Waals surface area contributed by atoms with E-state index in [0.717, 1.165) is 42.3 Å². The Balaban J connectivity index is 1.71. The molecule has 2 heterocycles. The fourth-order valence-corrected chi connectivity index (χ4v) is 4.15. The molecule has 124 valence electrons. The summed E-state index contributed by atoms with van der Waals surface area (Å²) in [7, 11) is -3.47. The van der Waals surface area contributed by atoms with Gasteiger partial charge in [0.05, 0.1) is 4.92 Å². The normalized spacial score (nSPS) is 14.8. The van der Waals surface area contributed by atoms with E-state index in [-0.39, 0.29) is 14.9 Å². The number of sulfone groups is 1. The first-order valence-corrected chi connectivity index (χ1v) is 9.67. The van der Waals surface area contributed by atoms with Crippen molar-refractivity contribution in [1.29, 1.82) is 0 Å². The predicted molar refractivity (Wildman–Crippen MR) is 84.6 cm³/mol. The second-order valence-electron chi connectivity index (χ2n) is 5.39. The lowest BCUT2D eigenvalue weighted by molar-refractivity contribution is -0.383. The summed E-state index contributed by atoms with van der Waals surface area (Å²) in [5.41, 5.74) is -0.221. The number of nitrogens with zero attached hydrogens (tertiary/aromatic N) is 4. The Kier molecular flexibility index (Phi) is 4.06. The summed E-state index contributed by atoms with van der Waals surface area (Å²) in [5, 5.41) is 22.2. The summed E-state index contributed by atoms with van der Waals surface area (Å²) in [6.45, 7) is 0.977. The van der Waals surface area contributed by atoms with Gasteiger partial charge in [-0.1, -0.05) is 11.3 Å². The van der Waals surface area contributed by atoms with Crippen LogP contribution in [0.2, 0.25) is 0 Å². The summed E-state index contributed by atoms with van der Waals surface area (Å²) >= 11 is 0.874. The van der Waals surface area contributed by atoms with Gasteiger partial charge in [0.1, 0.15) is 16.4 Å². The van der Waals surface area contributed by atoms with Gasteiger partial charge in [-0.25, -0.2) is 8.42 Å².